The molecule has 7 nitrogen and oxygen atoms in total. The summed E-state index contributed by atoms with van der Waals surface area (Å²) < 4.78 is 26.8. The van der Waals surface area contributed by atoms with E-state index in [-0.39, 0.29) is 22.0 Å². The zero-order valence-electron chi connectivity index (χ0n) is 16.2. The lowest BCUT2D eigenvalue weighted by Gasteiger charge is -2.16. The molecule has 1 fully saturated rings. The molecule has 2 amide bonds. The summed E-state index contributed by atoms with van der Waals surface area (Å²) in [6.45, 7) is 2.36. The molecular formula is C20H21Cl2N3O4S. The fourth-order valence-electron chi connectivity index (χ4n) is 3.11. The molecule has 0 aromatic heterocycles. The van der Waals surface area contributed by atoms with Gasteiger partial charge in [-0.15, -0.1) is 0 Å². The van der Waals surface area contributed by atoms with E-state index in [9.17, 15) is 18.0 Å². The van der Waals surface area contributed by atoms with Crippen molar-refractivity contribution in [3.05, 3.63) is 57.6 Å². The van der Waals surface area contributed by atoms with Crippen LogP contribution in [-0.4, -0.2) is 44.2 Å². The third-order valence-electron chi connectivity index (χ3n) is 4.84. The first-order valence-electron chi connectivity index (χ1n) is 9.33. The first kappa shape index (κ1) is 22.6. The first-order valence-corrected chi connectivity index (χ1v) is 11.5. The van der Waals surface area contributed by atoms with Gasteiger partial charge >= 0.3 is 0 Å². The molecule has 2 aromatic rings. The number of benzene rings is 2. The molecule has 0 aliphatic carbocycles. The van der Waals surface area contributed by atoms with Crippen LogP contribution < -0.4 is 10.6 Å². The van der Waals surface area contributed by atoms with Crippen LogP contribution in [0.4, 0.5) is 5.69 Å². The summed E-state index contributed by atoms with van der Waals surface area (Å²) in [4.78, 5) is 24.7. The van der Waals surface area contributed by atoms with Crippen molar-refractivity contribution < 1.29 is 18.0 Å². The number of carbonyl (C=O) groups excluding carboxylic acids is 2. The average Bonchev–Trinajstić information content (AvgIpc) is 3.25. The number of sulfonamides is 1. The molecule has 1 aliphatic rings. The topological polar surface area (TPSA) is 95.6 Å². The average molecular weight is 470 g/mol. The minimum atomic E-state index is -3.69. The van der Waals surface area contributed by atoms with Crippen molar-refractivity contribution in [2.24, 2.45) is 0 Å². The number of nitrogens with zero attached hydrogens (tertiary/aromatic N) is 1. The van der Waals surface area contributed by atoms with E-state index in [1.807, 2.05) is 0 Å². The summed E-state index contributed by atoms with van der Waals surface area (Å²) in [5.41, 5.74) is 1.24. The molecule has 0 atom stereocenters. The molecule has 30 heavy (non-hydrogen) atoms. The van der Waals surface area contributed by atoms with Gasteiger partial charge in [0.15, 0.2) is 0 Å². The van der Waals surface area contributed by atoms with E-state index in [1.54, 1.807) is 25.1 Å². The molecule has 2 N–H and O–H groups in total. The molecule has 0 radical (unpaired) electrons. The van der Waals surface area contributed by atoms with Crippen LogP contribution in [-0.2, 0) is 14.8 Å². The molecule has 0 unspecified atom stereocenters. The second kappa shape index (κ2) is 9.34. The van der Waals surface area contributed by atoms with Crippen molar-refractivity contribution in [3.63, 3.8) is 0 Å². The van der Waals surface area contributed by atoms with Gasteiger partial charge in [-0.3, -0.25) is 9.59 Å². The van der Waals surface area contributed by atoms with Gasteiger partial charge in [-0.25, -0.2) is 8.42 Å². The largest absolute Gasteiger partial charge is 0.343 e. The fraction of sp³-hybridized carbons (Fsp3) is 0.300. The molecule has 3 rings (SSSR count). The molecule has 0 saturated carbocycles. The predicted octanol–water partition coefficient (Wildman–Crippen LogP) is 3.45. The van der Waals surface area contributed by atoms with E-state index in [1.165, 1.54) is 22.5 Å². The highest BCUT2D eigenvalue weighted by Crippen LogP contribution is 2.25. The van der Waals surface area contributed by atoms with Crippen molar-refractivity contribution in [3.8, 4) is 0 Å². The third kappa shape index (κ3) is 4.95. The number of amides is 2. The van der Waals surface area contributed by atoms with Crippen molar-refractivity contribution in [1.29, 1.82) is 0 Å². The van der Waals surface area contributed by atoms with Crippen molar-refractivity contribution >= 4 is 50.7 Å². The van der Waals surface area contributed by atoms with Crippen LogP contribution in [0.25, 0.3) is 0 Å². The number of rotatable bonds is 6. The minimum Gasteiger partial charge on any atom is -0.343 e. The summed E-state index contributed by atoms with van der Waals surface area (Å²) in [6.07, 6.45) is 1.61. The normalized spacial score (nSPS) is 14.5. The molecule has 10 heteroatoms. The number of hydrogen-bond donors (Lipinski definition) is 2. The van der Waals surface area contributed by atoms with E-state index < -0.39 is 21.8 Å². The smallest absolute Gasteiger partial charge is 0.253 e. The van der Waals surface area contributed by atoms with Crippen LogP contribution in [0.2, 0.25) is 10.0 Å². The van der Waals surface area contributed by atoms with E-state index in [0.29, 0.717) is 29.4 Å². The lowest BCUT2D eigenvalue weighted by molar-refractivity contribution is -0.115. The maximum absolute atomic E-state index is 12.7. The van der Waals surface area contributed by atoms with Gasteiger partial charge in [0.05, 0.1) is 22.0 Å². The van der Waals surface area contributed by atoms with Gasteiger partial charge in [0.1, 0.15) is 0 Å². The fourth-order valence-corrected chi connectivity index (χ4v) is 5.03. The number of anilines is 1. The number of halogens is 2. The Labute approximate surface area is 185 Å². The Morgan fingerprint density at radius 2 is 1.77 bits per heavy atom. The van der Waals surface area contributed by atoms with E-state index in [2.05, 4.69) is 10.6 Å². The van der Waals surface area contributed by atoms with Gasteiger partial charge in [0, 0.05) is 23.8 Å². The van der Waals surface area contributed by atoms with Crippen LogP contribution >= 0.6 is 23.2 Å². The number of nitrogens with one attached hydrogen (secondary N) is 2. The van der Waals surface area contributed by atoms with Crippen LogP contribution in [0.15, 0.2) is 41.3 Å². The second-order valence-electron chi connectivity index (χ2n) is 6.90. The van der Waals surface area contributed by atoms with E-state index in [4.69, 9.17) is 23.2 Å². The van der Waals surface area contributed by atoms with Crippen molar-refractivity contribution in [1.82, 2.24) is 9.62 Å². The second-order valence-corrected chi connectivity index (χ2v) is 9.65. The maximum Gasteiger partial charge on any atom is 0.253 e. The molecule has 160 valence electrons. The Balaban J connectivity index is 1.69. The quantitative estimate of drug-likeness (QED) is 0.676. The maximum atomic E-state index is 12.7. The van der Waals surface area contributed by atoms with Gasteiger partial charge in [0.2, 0.25) is 15.9 Å². The lowest BCUT2D eigenvalue weighted by Crippen LogP contribution is -2.33. The van der Waals surface area contributed by atoms with Gasteiger partial charge < -0.3 is 10.6 Å². The summed E-state index contributed by atoms with van der Waals surface area (Å²) in [6, 6.07) is 9.10. The molecule has 0 spiro atoms. The van der Waals surface area contributed by atoms with Gasteiger partial charge in [-0.05, 0) is 55.7 Å². The summed E-state index contributed by atoms with van der Waals surface area (Å²) in [5, 5.41) is 5.75. The van der Waals surface area contributed by atoms with Crippen LogP contribution in [0.1, 0.15) is 28.8 Å². The number of carbonyl (C=O) groups is 2. The standard InChI is InChI=1S/C20H21Cl2N3O4S/c1-13-16(21)5-4-6-18(13)24-19(26)12-23-20(27)15-11-14(7-8-17(15)22)30(28,29)25-9-2-3-10-25/h4-8,11H,2-3,9-10,12H2,1H3,(H,23,27)(H,24,26). The highest BCUT2D eigenvalue weighted by atomic mass is 35.5. The van der Waals surface area contributed by atoms with Crippen LogP contribution in [0.3, 0.4) is 0 Å². The Morgan fingerprint density at radius 1 is 1.07 bits per heavy atom. The Bertz CT molecular complexity index is 1080. The SMILES string of the molecule is Cc1c(Cl)cccc1NC(=O)CNC(=O)c1cc(S(=O)(=O)N2CCCC2)ccc1Cl. The zero-order valence-corrected chi connectivity index (χ0v) is 18.6. The van der Waals surface area contributed by atoms with Gasteiger partial charge in [-0.1, -0.05) is 29.3 Å². The van der Waals surface area contributed by atoms with Gasteiger partial charge in [-0.2, -0.15) is 4.31 Å². The highest BCUT2D eigenvalue weighted by Gasteiger charge is 2.28. The lowest BCUT2D eigenvalue weighted by atomic mass is 10.2. The minimum absolute atomic E-state index is 0.00189. The molecule has 2 aromatic carbocycles. The van der Waals surface area contributed by atoms with E-state index in [0.717, 1.165) is 12.8 Å². The highest BCUT2D eigenvalue weighted by molar-refractivity contribution is 7.89. The van der Waals surface area contributed by atoms with Crippen molar-refractivity contribution in [2.45, 2.75) is 24.7 Å². The monoisotopic (exact) mass is 469 g/mol. The summed E-state index contributed by atoms with van der Waals surface area (Å²) >= 11 is 12.1. The summed E-state index contributed by atoms with van der Waals surface area (Å²) in [5.74, 6) is -1.10. The van der Waals surface area contributed by atoms with Crippen molar-refractivity contribution in [2.75, 3.05) is 25.0 Å². The Kier molecular flexibility index (Phi) is 7.02. The first-order chi connectivity index (χ1) is 14.2. The number of hydrogen-bond acceptors (Lipinski definition) is 4. The Hall–Kier alpha value is -2.13. The van der Waals surface area contributed by atoms with Gasteiger partial charge in [0.25, 0.3) is 5.91 Å². The zero-order chi connectivity index (χ0) is 21.9. The van der Waals surface area contributed by atoms with E-state index >= 15 is 0 Å². The molecule has 0 bridgehead atoms. The molecule has 1 aliphatic heterocycles. The molecule has 1 saturated heterocycles. The summed E-state index contributed by atoms with van der Waals surface area (Å²) in [7, 11) is -3.69. The van der Waals surface area contributed by atoms with Crippen LogP contribution in [0, 0.1) is 6.92 Å². The predicted molar refractivity (Wildman–Crippen MR) is 117 cm³/mol. The van der Waals surface area contributed by atoms with Crippen LogP contribution in [0.5, 0.6) is 0 Å². The third-order valence-corrected chi connectivity index (χ3v) is 7.47. The Morgan fingerprint density at radius 3 is 2.47 bits per heavy atom. The molecular weight excluding hydrogens is 449 g/mol. The molecule has 1 heterocycles.